The van der Waals surface area contributed by atoms with Gasteiger partial charge in [0.1, 0.15) is 11.8 Å². The van der Waals surface area contributed by atoms with E-state index in [0.29, 0.717) is 25.2 Å². The van der Waals surface area contributed by atoms with Gasteiger partial charge in [0, 0.05) is 31.1 Å². The molecule has 0 radical (unpaired) electrons. The van der Waals surface area contributed by atoms with Crippen LogP contribution in [0.15, 0.2) is 43.0 Å². The van der Waals surface area contributed by atoms with Gasteiger partial charge in [-0.15, -0.1) is 0 Å². The number of aromatic nitrogens is 4. The Morgan fingerprint density at radius 3 is 2.96 bits per heavy atom. The minimum atomic E-state index is 0.164. The molecule has 116 valence electrons. The molecule has 0 saturated carbocycles. The highest BCUT2D eigenvalue weighted by Gasteiger charge is 2.30. The second kappa shape index (κ2) is 5.68. The van der Waals surface area contributed by atoms with Crippen molar-refractivity contribution in [3.63, 3.8) is 0 Å². The monoisotopic (exact) mass is 308 g/mol. The van der Waals surface area contributed by atoms with Crippen LogP contribution in [-0.4, -0.2) is 38.9 Å². The van der Waals surface area contributed by atoms with Gasteiger partial charge in [-0.2, -0.15) is 0 Å². The Bertz CT molecular complexity index is 831. The highest BCUT2D eigenvalue weighted by Crippen LogP contribution is 2.25. The van der Waals surface area contributed by atoms with Crippen molar-refractivity contribution in [3.8, 4) is 0 Å². The molecule has 0 spiro atoms. The number of para-hydroxylation sites is 1. The van der Waals surface area contributed by atoms with E-state index >= 15 is 0 Å². The van der Waals surface area contributed by atoms with E-state index in [1.807, 2.05) is 35.2 Å². The molecule has 7 heteroatoms. The molecule has 3 aromatic rings. The fourth-order valence-electron chi connectivity index (χ4n) is 2.92. The normalized spacial score (nSPS) is 17.8. The quantitative estimate of drug-likeness (QED) is 0.767. The molecule has 0 bridgehead atoms. The summed E-state index contributed by atoms with van der Waals surface area (Å²) in [5.41, 5.74) is 2.38. The van der Waals surface area contributed by atoms with Gasteiger partial charge in [-0.05, 0) is 12.1 Å². The first-order valence-electron chi connectivity index (χ1n) is 7.54. The van der Waals surface area contributed by atoms with Crippen LogP contribution in [0.4, 0.5) is 11.5 Å². The van der Waals surface area contributed by atoms with Crippen LogP contribution in [0.5, 0.6) is 0 Å². The molecule has 4 rings (SSSR count). The number of anilines is 2. The van der Waals surface area contributed by atoms with Crippen LogP contribution in [0, 0.1) is 5.92 Å². The van der Waals surface area contributed by atoms with Crippen LogP contribution >= 0.6 is 0 Å². The number of hydrogen-bond acceptors (Lipinski definition) is 5. The largest absolute Gasteiger partial charge is 0.368 e. The Balaban J connectivity index is 1.44. The summed E-state index contributed by atoms with van der Waals surface area (Å²) >= 11 is 0. The predicted octanol–water partition coefficient (Wildman–Crippen LogP) is 1.82. The number of aromatic amines is 1. The van der Waals surface area contributed by atoms with E-state index in [2.05, 4.69) is 25.3 Å². The summed E-state index contributed by atoms with van der Waals surface area (Å²) in [4.78, 5) is 29.5. The summed E-state index contributed by atoms with van der Waals surface area (Å²) in [6.45, 7) is 1.40. The first-order chi connectivity index (χ1) is 11.3. The number of H-pyrrole nitrogens is 1. The topological polar surface area (TPSA) is 86.8 Å². The van der Waals surface area contributed by atoms with Gasteiger partial charge in [0.25, 0.3) is 0 Å². The third kappa shape index (κ3) is 2.61. The van der Waals surface area contributed by atoms with Gasteiger partial charge < -0.3 is 15.2 Å². The maximum absolute atomic E-state index is 12.2. The number of rotatable bonds is 4. The van der Waals surface area contributed by atoms with E-state index in [4.69, 9.17) is 0 Å². The van der Waals surface area contributed by atoms with Crippen molar-refractivity contribution >= 4 is 28.6 Å². The molecule has 3 heterocycles. The number of hydrogen-bond donors (Lipinski definition) is 2. The van der Waals surface area contributed by atoms with Crippen LogP contribution in [0.3, 0.4) is 0 Å². The smallest absolute Gasteiger partial charge is 0.227 e. The standard InChI is InChI=1S/C16H16N6O/c23-13-6-11(8-22(13)12-4-2-1-3-5-12)7-17-15-14-16(19-9-18-14)21-10-20-15/h1-5,9-11H,6-8H2,(H2,17,18,19,20,21). The number of fused-ring (bicyclic) bond motifs is 1. The molecule has 1 amide bonds. The molecule has 1 fully saturated rings. The number of imidazole rings is 1. The van der Waals surface area contributed by atoms with E-state index in [0.717, 1.165) is 17.0 Å². The lowest BCUT2D eigenvalue weighted by atomic mass is 10.1. The van der Waals surface area contributed by atoms with Crippen molar-refractivity contribution in [2.45, 2.75) is 6.42 Å². The third-order valence-corrected chi connectivity index (χ3v) is 4.05. The lowest BCUT2D eigenvalue weighted by Crippen LogP contribution is -2.25. The predicted molar refractivity (Wildman–Crippen MR) is 87.1 cm³/mol. The summed E-state index contributed by atoms with van der Waals surface area (Å²) in [6.07, 6.45) is 3.63. The zero-order chi connectivity index (χ0) is 15.6. The van der Waals surface area contributed by atoms with Crippen LogP contribution in [-0.2, 0) is 4.79 Å². The summed E-state index contributed by atoms with van der Waals surface area (Å²) in [6, 6.07) is 9.78. The van der Waals surface area contributed by atoms with Gasteiger partial charge in [-0.1, -0.05) is 18.2 Å². The molecule has 0 aliphatic carbocycles. The molecular formula is C16H16N6O. The van der Waals surface area contributed by atoms with Crippen LogP contribution in [0.1, 0.15) is 6.42 Å². The van der Waals surface area contributed by atoms with Crippen LogP contribution < -0.4 is 10.2 Å². The van der Waals surface area contributed by atoms with E-state index in [-0.39, 0.29) is 11.8 Å². The van der Waals surface area contributed by atoms with E-state index in [1.54, 1.807) is 6.33 Å². The third-order valence-electron chi connectivity index (χ3n) is 4.05. The minimum absolute atomic E-state index is 0.164. The molecule has 2 aromatic heterocycles. The number of nitrogens with zero attached hydrogens (tertiary/aromatic N) is 4. The van der Waals surface area contributed by atoms with Gasteiger partial charge in [0.05, 0.1) is 6.33 Å². The molecule has 7 nitrogen and oxygen atoms in total. The second-order valence-electron chi connectivity index (χ2n) is 5.61. The van der Waals surface area contributed by atoms with Crippen molar-refractivity contribution in [2.75, 3.05) is 23.3 Å². The lowest BCUT2D eigenvalue weighted by molar-refractivity contribution is -0.117. The van der Waals surface area contributed by atoms with Crippen LogP contribution in [0.2, 0.25) is 0 Å². The van der Waals surface area contributed by atoms with E-state index in [1.165, 1.54) is 6.33 Å². The molecule has 1 aromatic carbocycles. The summed E-state index contributed by atoms with van der Waals surface area (Å²) in [7, 11) is 0. The average Bonchev–Trinajstić information content (AvgIpc) is 3.20. The Morgan fingerprint density at radius 2 is 2.09 bits per heavy atom. The zero-order valence-electron chi connectivity index (χ0n) is 12.4. The molecule has 2 N–H and O–H groups in total. The molecule has 1 aliphatic heterocycles. The number of amides is 1. The number of benzene rings is 1. The number of carbonyl (C=O) groups excluding carboxylic acids is 1. The van der Waals surface area contributed by atoms with Crippen molar-refractivity contribution in [1.82, 2.24) is 19.9 Å². The Hall–Kier alpha value is -2.96. The van der Waals surface area contributed by atoms with Gasteiger partial charge >= 0.3 is 0 Å². The Kier molecular flexibility index (Phi) is 3.38. The lowest BCUT2D eigenvalue weighted by Gasteiger charge is -2.17. The SMILES string of the molecule is O=C1CC(CNc2ncnc3nc[nH]c23)CN1c1ccccc1. The maximum atomic E-state index is 12.2. The van der Waals surface area contributed by atoms with E-state index in [9.17, 15) is 4.79 Å². The molecule has 23 heavy (non-hydrogen) atoms. The van der Waals surface area contributed by atoms with Gasteiger partial charge in [0.15, 0.2) is 11.5 Å². The molecule has 1 saturated heterocycles. The average molecular weight is 308 g/mol. The maximum Gasteiger partial charge on any atom is 0.227 e. The van der Waals surface area contributed by atoms with Crippen molar-refractivity contribution < 1.29 is 4.79 Å². The molecule has 1 atom stereocenters. The Morgan fingerprint density at radius 1 is 1.22 bits per heavy atom. The number of nitrogens with one attached hydrogen (secondary N) is 2. The highest BCUT2D eigenvalue weighted by molar-refractivity contribution is 5.95. The van der Waals surface area contributed by atoms with Gasteiger partial charge in [-0.3, -0.25) is 4.79 Å². The van der Waals surface area contributed by atoms with Gasteiger partial charge in [-0.25, -0.2) is 15.0 Å². The minimum Gasteiger partial charge on any atom is -0.368 e. The Labute approximate surface area is 132 Å². The highest BCUT2D eigenvalue weighted by atomic mass is 16.2. The fraction of sp³-hybridized carbons (Fsp3) is 0.250. The molecule has 1 unspecified atom stereocenters. The first kappa shape index (κ1) is 13.7. The summed E-state index contributed by atoms with van der Waals surface area (Å²) in [5.74, 6) is 1.13. The summed E-state index contributed by atoms with van der Waals surface area (Å²) in [5, 5.41) is 3.31. The van der Waals surface area contributed by atoms with E-state index < -0.39 is 0 Å². The fourth-order valence-corrected chi connectivity index (χ4v) is 2.92. The summed E-state index contributed by atoms with van der Waals surface area (Å²) < 4.78 is 0. The number of carbonyl (C=O) groups is 1. The first-order valence-corrected chi connectivity index (χ1v) is 7.54. The van der Waals surface area contributed by atoms with Crippen molar-refractivity contribution in [1.29, 1.82) is 0 Å². The van der Waals surface area contributed by atoms with Gasteiger partial charge in [0.2, 0.25) is 5.91 Å². The molecular weight excluding hydrogens is 292 g/mol. The van der Waals surface area contributed by atoms with Crippen molar-refractivity contribution in [3.05, 3.63) is 43.0 Å². The second-order valence-corrected chi connectivity index (χ2v) is 5.61. The van der Waals surface area contributed by atoms with Crippen LogP contribution in [0.25, 0.3) is 11.2 Å². The zero-order valence-corrected chi connectivity index (χ0v) is 12.4. The van der Waals surface area contributed by atoms with Crippen molar-refractivity contribution in [2.24, 2.45) is 5.92 Å². The molecule has 1 aliphatic rings.